The Labute approximate surface area is 234 Å². The lowest BCUT2D eigenvalue weighted by molar-refractivity contribution is 0.0503. The molecule has 2 heterocycles. The number of rotatable bonds is 7. The van der Waals surface area contributed by atoms with Gasteiger partial charge in [0.1, 0.15) is 10.6 Å². The van der Waals surface area contributed by atoms with E-state index in [0.29, 0.717) is 60.5 Å². The summed E-state index contributed by atoms with van der Waals surface area (Å²) in [7, 11) is 0. The van der Waals surface area contributed by atoms with Crippen LogP contribution in [0.2, 0.25) is 10.0 Å². The molecule has 5 aromatic rings. The Morgan fingerprint density at radius 1 is 0.974 bits per heavy atom. The highest BCUT2D eigenvalue weighted by Gasteiger charge is 2.25. The first kappa shape index (κ1) is 26.2. The minimum Gasteiger partial charge on any atom is -0.462 e. The van der Waals surface area contributed by atoms with Crippen LogP contribution in [0.4, 0.5) is 5.00 Å². The Morgan fingerprint density at radius 2 is 1.71 bits per heavy atom. The monoisotopic (exact) mass is 562 g/mol. The largest absolute Gasteiger partial charge is 0.462 e. The predicted octanol–water partition coefficient (Wildman–Crippen LogP) is 8.94. The second kappa shape index (κ2) is 11.1. The number of pyridine rings is 1. The molecule has 0 aliphatic rings. The number of hydrogen-bond acceptors (Lipinski definition) is 5. The third kappa shape index (κ3) is 4.99. The number of aromatic nitrogens is 1. The zero-order chi connectivity index (χ0) is 26.8. The summed E-state index contributed by atoms with van der Waals surface area (Å²) in [5.41, 5.74) is 3.41. The molecule has 1 amide bonds. The first-order valence-corrected chi connectivity index (χ1v) is 13.8. The molecule has 8 heteroatoms. The zero-order valence-corrected chi connectivity index (χ0v) is 23.1. The number of carbonyl (C=O) groups is 2. The summed E-state index contributed by atoms with van der Waals surface area (Å²) in [4.78, 5) is 31.9. The third-order valence-electron chi connectivity index (χ3n) is 6.31. The maximum absolute atomic E-state index is 13.9. The van der Waals surface area contributed by atoms with Gasteiger partial charge in [-0.25, -0.2) is 9.78 Å². The van der Waals surface area contributed by atoms with Crippen molar-refractivity contribution in [2.75, 3.05) is 11.9 Å². The lowest BCUT2D eigenvalue weighted by atomic mass is 9.97. The number of halogens is 2. The van der Waals surface area contributed by atoms with Crippen molar-refractivity contribution in [1.29, 1.82) is 0 Å². The van der Waals surface area contributed by atoms with Gasteiger partial charge in [0.2, 0.25) is 0 Å². The fourth-order valence-corrected chi connectivity index (χ4v) is 6.01. The molecule has 0 radical (unpaired) electrons. The van der Waals surface area contributed by atoms with Gasteiger partial charge in [-0.15, -0.1) is 11.3 Å². The summed E-state index contributed by atoms with van der Waals surface area (Å²) in [6, 6.07) is 20.2. The fraction of sp³-hybridized carbons (Fsp3) is 0.167. The van der Waals surface area contributed by atoms with E-state index < -0.39 is 5.97 Å². The minimum atomic E-state index is -0.448. The molecule has 0 unspecified atom stereocenters. The Morgan fingerprint density at radius 3 is 2.47 bits per heavy atom. The van der Waals surface area contributed by atoms with Crippen LogP contribution in [-0.4, -0.2) is 23.5 Å². The molecule has 0 saturated heterocycles. The number of para-hydroxylation sites is 1. The molecule has 38 heavy (non-hydrogen) atoms. The molecule has 0 spiro atoms. The molecule has 0 fully saturated rings. The van der Waals surface area contributed by atoms with Gasteiger partial charge >= 0.3 is 5.97 Å². The summed E-state index contributed by atoms with van der Waals surface area (Å²) >= 11 is 14.0. The second-order valence-electron chi connectivity index (χ2n) is 8.85. The van der Waals surface area contributed by atoms with Gasteiger partial charge in [-0.05, 0) is 49.2 Å². The van der Waals surface area contributed by atoms with E-state index in [1.54, 1.807) is 18.2 Å². The van der Waals surface area contributed by atoms with Crippen molar-refractivity contribution in [3.8, 4) is 11.3 Å². The maximum Gasteiger partial charge on any atom is 0.341 e. The van der Waals surface area contributed by atoms with E-state index in [-0.39, 0.29) is 5.91 Å². The van der Waals surface area contributed by atoms with Gasteiger partial charge in [-0.2, -0.15) is 0 Å². The quantitative estimate of drug-likeness (QED) is 0.159. The van der Waals surface area contributed by atoms with Crippen molar-refractivity contribution < 1.29 is 14.3 Å². The normalized spacial score (nSPS) is 11.2. The van der Waals surface area contributed by atoms with E-state index in [0.717, 1.165) is 22.9 Å². The van der Waals surface area contributed by atoms with Crippen LogP contribution < -0.4 is 5.32 Å². The number of carbonyl (C=O) groups excluding carboxylic acids is 2. The third-order valence-corrected chi connectivity index (χ3v) is 7.94. The smallest absolute Gasteiger partial charge is 0.341 e. The van der Waals surface area contributed by atoms with Crippen molar-refractivity contribution >= 4 is 72.4 Å². The highest BCUT2D eigenvalue weighted by Crippen LogP contribution is 2.38. The highest BCUT2D eigenvalue weighted by atomic mass is 35.5. The van der Waals surface area contributed by atoms with E-state index in [1.165, 1.54) is 11.3 Å². The van der Waals surface area contributed by atoms with E-state index >= 15 is 0 Å². The average Bonchev–Trinajstić information content (AvgIpc) is 3.26. The highest BCUT2D eigenvalue weighted by molar-refractivity contribution is 7.23. The number of amides is 1. The SMILES string of the molecule is CCCCOC(=O)c1c(NC(=O)c2c(C)c(-c3ccc(Cl)cc3Cl)nc3ccccc23)sc2ccccc12. The molecule has 3 aromatic carbocycles. The molecule has 0 aliphatic carbocycles. The van der Waals surface area contributed by atoms with Crippen molar-refractivity contribution in [2.24, 2.45) is 0 Å². The van der Waals surface area contributed by atoms with Crippen molar-refractivity contribution in [2.45, 2.75) is 26.7 Å². The molecule has 5 nitrogen and oxygen atoms in total. The standard InChI is InChI=1S/C30H24Cl2N2O3S/c1-3-4-15-37-30(36)26-21-10-6-8-12-24(21)38-29(26)34-28(35)25-17(2)27(19-14-13-18(31)16-22(19)32)33-23-11-7-5-9-20(23)25/h5-14,16H,3-4,15H2,1-2H3,(H,34,35). The van der Waals surface area contributed by atoms with Crippen LogP contribution in [-0.2, 0) is 4.74 Å². The van der Waals surface area contributed by atoms with Gasteiger partial charge in [0.15, 0.2) is 0 Å². The Bertz CT molecular complexity index is 1700. The van der Waals surface area contributed by atoms with Crippen LogP contribution in [0.3, 0.4) is 0 Å². The van der Waals surface area contributed by atoms with Gasteiger partial charge in [-0.3, -0.25) is 4.79 Å². The molecule has 192 valence electrons. The number of nitrogens with one attached hydrogen (secondary N) is 1. The maximum atomic E-state index is 13.9. The van der Waals surface area contributed by atoms with E-state index in [9.17, 15) is 9.59 Å². The fourth-order valence-electron chi connectivity index (χ4n) is 4.43. The molecule has 2 aromatic heterocycles. The zero-order valence-electron chi connectivity index (χ0n) is 20.8. The number of esters is 1. The van der Waals surface area contributed by atoms with Crippen molar-refractivity contribution in [1.82, 2.24) is 4.98 Å². The van der Waals surface area contributed by atoms with Crippen molar-refractivity contribution in [3.05, 3.63) is 93.5 Å². The number of anilines is 1. The molecular weight excluding hydrogens is 539 g/mol. The summed E-state index contributed by atoms with van der Waals surface area (Å²) in [5.74, 6) is -0.794. The predicted molar refractivity (Wildman–Crippen MR) is 157 cm³/mol. The van der Waals surface area contributed by atoms with Crippen LogP contribution in [0.1, 0.15) is 46.0 Å². The second-order valence-corrected chi connectivity index (χ2v) is 10.7. The number of nitrogens with zero attached hydrogens (tertiary/aromatic N) is 1. The molecule has 1 N–H and O–H groups in total. The lowest BCUT2D eigenvalue weighted by Gasteiger charge is -2.16. The van der Waals surface area contributed by atoms with Crippen LogP contribution in [0.15, 0.2) is 66.7 Å². The number of unbranched alkanes of at least 4 members (excludes halogenated alkanes) is 1. The molecule has 0 bridgehead atoms. The first-order chi connectivity index (χ1) is 18.4. The van der Waals surface area contributed by atoms with Gasteiger partial charge in [0.05, 0.1) is 28.4 Å². The molecule has 5 rings (SSSR count). The summed E-state index contributed by atoms with van der Waals surface area (Å²) in [6.45, 7) is 4.21. The lowest BCUT2D eigenvalue weighted by Crippen LogP contribution is -2.17. The molecule has 0 aliphatic heterocycles. The van der Waals surface area contributed by atoms with Crippen LogP contribution >= 0.6 is 34.5 Å². The van der Waals surface area contributed by atoms with E-state index in [4.69, 9.17) is 32.9 Å². The van der Waals surface area contributed by atoms with Gasteiger partial charge in [0.25, 0.3) is 5.91 Å². The van der Waals surface area contributed by atoms with Gasteiger partial charge in [-0.1, -0.05) is 72.9 Å². The number of ether oxygens (including phenoxy) is 1. The topological polar surface area (TPSA) is 68.3 Å². The van der Waals surface area contributed by atoms with Gasteiger partial charge < -0.3 is 10.1 Å². The molecule has 0 atom stereocenters. The summed E-state index contributed by atoms with van der Waals surface area (Å²) in [6.07, 6.45) is 1.68. The minimum absolute atomic E-state index is 0.326. The number of benzene rings is 3. The average molecular weight is 564 g/mol. The van der Waals surface area contributed by atoms with Crippen molar-refractivity contribution in [3.63, 3.8) is 0 Å². The Hall–Kier alpha value is -3.45. The molecular formula is C30H24Cl2N2O3S. The number of thiophene rings is 1. The Kier molecular flexibility index (Phi) is 7.65. The van der Waals surface area contributed by atoms with Gasteiger partial charge in [0, 0.05) is 26.1 Å². The van der Waals surface area contributed by atoms with Crippen LogP contribution in [0.5, 0.6) is 0 Å². The Balaban J connectivity index is 1.62. The van der Waals surface area contributed by atoms with E-state index in [2.05, 4.69) is 5.32 Å². The van der Waals surface area contributed by atoms with Crippen LogP contribution in [0.25, 0.3) is 32.2 Å². The van der Waals surface area contributed by atoms with Crippen LogP contribution in [0, 0.1) is 6.92 Å². The summed E-state index contributed by atoms with van der Waals surface area (Å²) in [5, 5.41) is 5.87. The summed E-state index contributed by atoms with van der Waals surface area (Å²) < 4.78 is 6.42. The first-order valence-electron chi connectivity index (χ1n) is 12.2. The molecule has 0 saturated carbocycles. The van der Waals surface area contributed by atoms with E-state index in [1.807, 2.05) is 62.4 Å². The number of fused-ring (bicyclic) bond motifs is 2. The number of hydrogen-bond donors (Lipinski definition) is 1.